The molecule has 0 spiro atoms. The largest absolute Gasteiger partial charge is 0.397 e. The summed E-state index contributed by atoms with van der Waals surface area (Å²) in [6, 6.07) is 43.6. The third-order valence-corrected chi connectivity index (χ3v) is 10.2. The van der Waals surface area contributed by atoms with E-state index in [0.717, 1.165) is 23.4 Å². The molecule has 2 nitrogen and oxygen atoms in total. The second kappa shape index (κ2) is 10.1. The van der Waals surface area contributed by atoms with Gasteiger partial charge in [-0.25, -0.2) is 0 Å². The van der Waals surface area contributed by atoms with Crippen LogP contribution in [0.5, 0.6) is 0 Å². The Labute approximate surface area is 231 Å². The standard InChI is InChI=1S/C36H29N2P/c37-35-31-18-9-13-26-14-10-19-32(34(26)31)36(35)38-27-21-23-29(24-22-27)39(28-15-5-2-6-16-28)33-20-8-7-17-30(33)25-11-3-1-4-12-25/h1-21,23-24,27,38H,22,37H2. The molecule has 2 aliphatic carbocycles. The van der Waals surface area contributed by atoms with Gasteiger partial charge in [-0.3, -0.25) is 0 Å². The molecule has 2 unspecified atom stereocenters. The molecule has 188 valence electrons. The minimum Gasteiger partial charge on any atom is -0.397 e. The van der Waals surface area contributed by atoms with Gasteiger partial charge in [-0.1, -0.05) is 140 Å². The zero-order valence-electron chi connectivity index (χ0n) is 21.6. The van der Waals surface area contributed by atoms with E-state index in [4.69, 9.17) is 5.73 Å². The van der Waals surface area contributed by atoms with E-state index in [0.29, 0.717) is 0 Å². The average molecular weight is 521 g/mol. The summed E-state index contributed by atoms with van der Waals surface area (Å²) in [6.45, 7) is 0. The zero-order chi connectivity index (χ0) is 26.2. The third-order valence-electron chi connectivity index (χ3n) is 7.65. The number of hydrogen-bond donors (Lipinski definition) is 2. The number of allylic oxidation sites excluding steroid dienone is 2. The zero-order valence-corrected chi connectivity index (χ0v) is 22.5. The van der Waals surface area contributed by atoms with E-state index in [1.165, 1.54) is 43.4 Å². The molecule has 2 atom stereocenters. The summed E-state index contributed by atoms with van der Waals surface area (Å²) < 4.78 is 0. The van der Waals surface area contributed by atoms with E-state index < -0.39 is 7.92 Å². The first-order valence-corrected chi connectivity index (χ1v) is 14.8. The molecule has 39 heavy (non-hydrogen) atoms. The highest BCUT2D eigenvalue weighted by atomic mass is 31.1. The maximum Gasteiger partial charge on any atom is 0.0665 e. The predicted octanol–water partition coefficient (Wildman–Crippen LogP) is 7.54. The van der Waals surface area contributed by atoms with Crippen LogP contribution in [0.25, 0.3) is 33.3 Å². The topological polar surface area (TPSA) is 38.0 Å². The fraction of sp³-hybridized carbons (Fsp3) is 0.0556. The number of hydrogen-bond acceptors (Lipinski definition) is 2. The van der Waals surface area contributed by atoms with Gasteiger partial charge in [-0.05, 0) is 46.8 Å². The third kappa shape index (κ3) is 4.28. The summed E-state index contributed by atoms with van der Waals surface area (Å²) in [7, 11) is -0.712. The van der Waals surface area contributed by atoms with Crippen LogP contribution in [0.2, 0.25) is 0 Å². The molecular weight excluding hydrogens is 491 g/mol. The molecule has 5 aromatic carbocycles. The summed E-state index contributed by atoms with van der Waals surface area (Å²) in [6.07, 6.45) is 7.99. The Hall–Kier alpha value is -4.39. The number of nitrogens with one attached hydrogen (secondary N) is 1. The molecule has 0 saturated heterocycles. The van der Waals surface area contributed by atoms with Crippen LogP contribution in [0.4, 0.5) is 0 Å². The number of rotatable bonds is 6. The van der Waals surface area contributed by atoms with Crippen molar-refractivity contribution in [2.75, 3.05) is 0 Å². The van der Waals surface area contributed by atoms with Crippen molar-refractivity contribution in [3.8, 4) is 11.1 Å². The van der Waals surface area contributed by atoms with Crippen molar-refractivity contribution in [3.63, 3.8) is 0 Å². The van der Waals surface area contributed by atoms with E-state index in [1.54, 1.807) is 0 Å². The van der Waals surface area contributed by atoms with Crippen LogP contribution in [0, 0.1) is 0 Å². The monoisotopic (exact) mass is 520 g/mol. The van der Waals surface area contributed by atoms with Crippen LogP contribution in [0.15, 0.2) is 145 Å². The van der Waals surface area contributed by atoms with E-state index in [1.807, 2.05) is 0 Å². The second-order valence-electron chi connectivity index (χ2n) is 10.0. The predicted molar refractivity (Wildman–Crippen MR) is 168 cm³/mol. The lowest BCUT2D eigenvalue weighted by Crippen LogP contribution is -2.28. The molecule has 3 heteroatoms. The number of benzene rings is 5. The van der Waals surface area contributed by atoms with Crippen LogP contribution >= 0.6 is 7.92 Å². The second-order valence-corrected chi connectivity index (χ2v) is 12.2. The fourth-order valence-corrected chi connectivity index (χ4v) is 8.34. The molecule has 0 fully saturated rings. The molecule has 0 radical (unpaired) electrons. The van der Waals surface area contributed by atoms with Crippen molar-refractivity contribution < 1.29 is 0 Å². The number of nitrogens with two attached hydrogens (primary N) is 1. The van der Waals surface area contributed by atoms with Gasteiger partial charge >= 0.3 is 0 Å². The van der Waals surface area contributed by atoms with Crippen molar-refractivity contribution in [3.05, 3.63) is 156 Å². The first-order chi connectivity index (χ1) is 19.3. The molecule has 0 bridgehead atoms. The van der Waals surface area contributed by atoms with Gasteiger partial charge in [0, 0.05) is 22.6 Å². The summed E-state index contributed by atoms with van der Waals surface area (Å²) in [5, 5.41) is 10.4. The first-order valence-electron chi connectivity index (χ1n) is 13.4. The molecule has 7 rings (SSSR count). The Morgan fingerprint density at radius 3 is 2.08 bits per heavy atom. The Balaban J connectivity index is 1.22. The van der Waals surface area contributed by atoms with Gasteiger partial charge in [0.25, 0.3) is 0 Å². The molecule has 3 N–H and O–H groups in total. The first kappa shape index (κ1) is 23.7. The van der Waals surface area contributed by atoms with Crippen molar-refractivity contribution >= 4 is 40.7 Å². The molecule has 5 aromatic rings. The van der Waals surface area contributed by atoms with Crippen molar-refractivity contribution in [2.24, 2.45) is 5.73 Å². The lowest BCUT2D eigenvalue weighted by Gasteiger charge is -2.27. The van der Waals surface area contributed by atoms with E-state index in [2.05, 4.69) is 145 Å². The Bertz CT molecular complexity index is 1760. The highest BCUT2D eigenvalue weighted by molar-refractivity contribution is 7.77. The Morgan fingerprint density at radius 1 is 0.667 bits per heavy atom. The van der Waals surface area contributed by atoms with E-state index >= 15 is 0 Å². The van der Waals surface area contributed by atoms with Gasteiger partial charge in [-0.2, -0.15) is 0 Å². The van der Waals surface area contributed by atoms with Gasteiger partial charge < -0.3 is 11.1 Å². The molecule has 0 saturated carbocycles. The minimum absolute atomic E-state index is 0.184. The summed E-state index contributed by atoms with van der Waals surface area (Å²) in [5.74, 6) is 0. The highest BCUT2D eigenvalue weighted by Crippen LogP contribution is 2.47. The molecule has 0 aliphatic heterocycles. The Kier molecular flexibility index (Phi) is 6.11. The minimum atomic E-state index is -0.712. The average Bonchev–Trinajstić information content (AvgIpc) is 3.27. The molecule has 0 amide bonds. The highest BCUT2D eigenvalue weighted by Gasteiger charge is 2.26. The van der Waals surface area contributed by atoms with Crippen LogP contribution < -0.4 is 21.7 Å². The lowest BCUT2D eigenvalue weighted by molar-refractivity contribution is 0.719. The van der Waals surface area contributed by atoms with Crippen molar-refractivity contribution in [1.82, 2.24) is 5.32 Å². The molecule has 2 aliphatic rings. The SMILES string of the molecule is NC1=C(NC2C=CC(P(c3ccccc3)c3ccccc3-c3ccccc3)=CC2)c2cccc3cccc1c23. The van der Waals surface area contributed by atoms with E-state index in [-0.39, 0.29) is 6.04 Å². The van der Waals surface area contributed by atoms with E-state index in [9.17, 15) is 0 Å². The smallest absolute Gasteiger partial charge is 0.0665 e. The van der Waals surface area contributed by atoms with Gasteiger partial charge in [-0.15, -0.1) is 0 Å². The van der Waals surface area contributed by atoms with Gasteiger partial charge in [0.1, 0.15) is 0 Å². The van der Waals surface area contributed by atoms with Crippen molar-refractivity contribution in [1.29, 1.82) is 0 Å². The van der Waals surface area contributed by atoms with Gasteiger partial charge in [0.05, 0.1) is 11.4 Å². The van der Waals surface area contributed by atoms with Crippen LogP contribution in [0.3, 0.4) is 0 Å². The molecular formula is C36H29N2P. The summed E-state index contributed by atoms with van der Waals surface area (Å²) in [5.41, 5.74) is 13.5. The fourth-order valence-electron chi connectivity index (χ4n) is 5.81. The van der Waals surface area contributed by atoms with Crippen LogP contribution in [-0.2, 0) is 0 Å². The van der Waals surface area contributed by atoms with Crippen LogP contribution in [-0.4, -0.2) is 6.04 Å². The maximum atomic E-state index is 6.68. The summed E-state index contributed by atoms with van der Waals surface area (Å²) in [4.78, 5) is 0. The van der Waals surface area contributed by atoms with Gasteiger partial charge in [0.15, 0.2) is 0 Å². The quantitative estimate of drug-likeness (QED) is 0.227. The van der Waals surface area contributed by atoms with Gasteiger partial charge in [0.2, 0.25) is 0 Å². The molecule has 0 heterocycles. The maximum absolute atomic E-state index is 6.68. The molecule has 0 aromatic heterocycles. The summed E-state index contributed by atoms with van der Waals surface area (Å²) >= 11 is 0. The normalized spacial score (nSPS) is 16.8. The lowest BCUT2D eigenvalue weighted by atomic mass is 10.0. The van der Waals surface area contributed by atoms with Crippen LogP contribution in [0.1, 0.15) is 17.5 Å². The van der Waals surface area contributed by atoms with Crippen molar-refractivity contribution in [2.45, 2.75) is 12.5 Å². The Morgan fingerprint density at radius 2 is 1.33 bits per heavy atom.